The summed E-state index contributed by atoms with van der Waals surface area (Å²) in [5, 5.41) is 8.81. The average Bonchev–Trinajstić information content (AvgIpc) is 3.10. The number of nitrogens with one attached hydrogen (secondary N) is 1. The van der Waals surface area contributed by atoms with Gasteiger partial charge in [-0.3, -0.25) is 4.68 Å². The van der Waals surface area contributed by atoms with Crippen molar-refractivity contribution in [2.75, 3.05) is 6.54 Å². The van der Waals surface area contributed by atoms with Crippen LogP contribution in [0.5, 0.6) is 0 Å². The summed E-state index contributed by atoms with van der Waals surface area (Å²) in [6.07, 6.45) is 0.659. The maximum absolute atomic E-state index is 12.8. The summed E-state index contributed by atoms with van der Waals surface area (Å²) in [6, 6.07) is 11.5. The molecule has 0 unspecified atom stereocenters. The number of hydrogen-bond acceptors (Lipinski definition) is 4. The van der Waals surface area contributed by atoms with Crippen molar-refractivity contribution >= 4 is 10.0 Å². The maximum atomic E-state index is 12.8. The van der Waals surface area contributed by atoms with Crippen LogP contribution in [-0.2, 0) is 16.6 Å². The SMILES string of the molecule is Cc1cc(C)n(CCCNS(=O)(=O)c2c(C)nn(-c3ccccc3)c2C)n1. The zero-order chi connectivity index (χ0) is 19.6. The Morgan fingerprint density at radius 1 is 1.04 bits per heavy atom. The standard InChI is InChI=1S/C19H25N5O2S/c1-14-13-15(2)23(21-14)12-8-11-20-27(25,26)19-16(3)22-24(17(19)4)18-9-6-5-7-10-18/h5-7,9-10,13,20H,8,11-12H2,1-4H3. The quantitative estimate of drug-likeness (QED) is 0.632. The van der Waals surface area contributed by atoms with Gasteiger partial charge in [0.05, 0.1) is 22.8 Å². The molecule has 1 N–H and O–H groups in total. The normalized spacial score (nSPS) is 11.9. The first kappa shape index (κ1) is 19.3. The van der Waals surface area contributed by atoms with Crippen molar-refractivity contribution in [2.45, 2.75) is 45.6 Å². The predicted octanol–water partition coefficient (Wildman–Crippen LogP) is 2.67. The van der Waals surface area contributed by atoms with Crippen molar-refractivity contribution < 1.29 is 8.42 Å². The molecule has 0 aliphatic carbocycles. The summed E-state index contributed by atoms with van der Waals surface area (Å²) in [5.41, 5.74) is 3.97. The van der Waals surface area contributed by atoms with Crippen molar-refractivity contribution in [1.82, 2.24) is 24.3 Å². The molecule has 0 saturated heterocycles. The molecule has 27 heavy (non-hydrogen) atoms. The van der Waals surface area contributed by atoms with Crippen molar-refractivity contribution in [1.29, 1.82) is 0 Å². The molecule has 2 heterocycles. The Morgan fingerprint density at radius 3 is 2.37 bits per heavy atom. The average molecular weight is 388 g/mol. The third kappa shape index (κ3) is 4.12. The number of sulfonamides is 1. The third-order valence-electron chi connectivity index (χ3n) is 4.44. The van der Waals surface area contributed by atoms with Crippen LogP contribution in [-0.4, -0.2) is 34.5 Å². The van der Waals surface area contributed by atoms with Gasteiger partial charge in [-0.2, -0.15) is 10.2 Å². The molecule has 0 radical (unpaired) electrons. The topological polar surface area (TPSA) is 81.8 Å². The Labute approximate surface area is 160 Å². The molecule has 8 heteroatoms. The number of benzene rings is 1. The highest BCUT2D eigenvalue weighted by Crippen LogP contribution is 2.22. The van der Waals surface area contributed by atoms with Crippen LogP contribution in [0.3, 0.4) is 0 Å². The van der Waals surface area contributed by atoms with Crippen molar-refractivity contribution in [3.63, 3.8) is 0 Å². The van der Waals surface area contributed by atoms with E-state index in [0.29, 0.717) is 30.9 Å². The summed E-state index contributed by atoms with van der Waals surface area (Å²) in [6.45, 7) is 8.45. The first-order chi connectivity index (χ1) is 12.8. The fraction of sp³-hybridized carbons (Fsp3) is 0.368. The van der Waals surface area contributed by atoms with E-state index in [4.69, 9.17) is 0 Å². The minimum absolute atomic E-state index is 0.248. The van der Waals surface area contributed by atoms with E-state index >= 15 is 0 Å². The van der Waals surface area contributed by atoms with Gasteiger partial charge < -0.3 is 0 Å². The molecule has 1 aromatic carbocycles. The number of hydrogen-bond donors (Lipinski definition) is 1. The van der Waals surface area contributed by atoms with Gasteiger partial charge >= 0.3 is 0 Å². The van der Waals surface area contributed by atoms with Gasteiger partial charge in [0.1, 0.15) is 4.90 Å². The second-order valence-corrected chi connectivity index (χ2v) is 8.35. The third-order valence-corrected chi connectivity index (χ3v) is 6.15. The van der Waals surface area contributed by atoms with Crippen LogP contribution >= 0.6 is 0 Å². The lowest BCUT2D eigenvalue weighted by atomic mass is 10.3. The number of nitrogens with zero attached hydrogens (tertiary/aromatic N) is 4. The van der Waals surface area contributed by atoms with E-state index in [0.717, 1.165) is 17.1 Å². The number of aromatic nitrogens is 4. The molecule has 0 aliphatic heterocycles. The van der Waals surface area contributed by atoms with Crippen LogP contribution in [0, 0.1) is 27.7 Å². The fourth-order valence-electron chi connectivity index (χ4n) is 3.25. The summed E-state index contributed by atoms with van der Waals surface area (Å²) in [4.78, 5) is 0.248. The second-order valence-electron chi connectivity index (χ2n) is 6.65. The van der Waals surface area contributed by atoms with Crippen LogP contribution in [0.25, 0.3) is 5.69 Å². The summed E-state index contributed by atoms with van der Waals surface area (Å²) < 4.78 is 31.9. The lowest BCUT2D eigenvalue weighted by molar-refractivity contribution is 0.543. The molecule has 0 atom stereocenters. The Morgan fingerprint density at radius 2 is 1.74 bits per heavy atom. The Balaban J connectivity index is 1.71. The first-order valence-corrected chi connectivity index (χ1v) is 10.4. The van der Waals surface area contributed by atoms with Crippen LogP contribution in [0.15, 0.2) is 41.3 Å². The molecule has 0 spiro atoms. The molecule has 3 rings (SSSR count). The van der Waals surface area contributed by atoms with Crippen molar-refractivity contribution in [2.24, 2.45) is 0 Å². The minimum atomic E-state index is -3.63. The van der Waals surface area contributed by atoms with E-state index in [9.17, 15) is 8.42 Å². The van der Waals surface area contributed by atoms with Gasteiger partial charge in [0.25, 0.3) is 0 Å². The van der Waals surface area contributed by atoms with Crippen LogP contribution in [0.4, 0.5) is 0 Å². The van der Waals surface area contributed by atoms with Crippen LogP contribution in [0.1, 0.15) is 29.2 Å². The summed E-state index contributed by atoms with van der Waals surface area (Å²) in [5.74, 6) is 0. The Bertz CT molecular complexity index is 1040. The second kappa shape index (κ2) is 7.66. The highest BCUT2D eigenvalue weighted by molar-refractivity contribution is 7.89. The molecular weight excluding hydrogens is 362 g/mol. The molecular formula is C19H25N5O2S. The van der Waals surface area contributed by atoms with E-state index in [2.05, 4.69) is 14.9 Å². The molecule has 144 valence electrons. The summed E-state index contributed by atoms with van der Waals surface area (Å²) >= 11 is 0. The monoisotopic (exact) mass is 387 g/mol. The van der Waals surface area contributed by atoms with Crippen molar-refractivity contribution in [3.8, 4) is 5.69 Å². The van der Waals surface area contributed by atoms with E-state index < -0.39 is 10.0 Å². The molecule has 0 saturated carbocycles. The van der Waals surface area contributed by atoms with Gasteiger partial charge in [0.2, 0.25) is 10.0 Å². The van der Waals surface area contributed by atoms with Gasteiger partial charge in [-0.25, -0.2) is 17.8 Å². The van der Waals surface area contributed by atoms with Crippen LogP contribution in [0.2, 0.25) is 0 Å². The number of rotatable bonds is 7. The van der Waals surface area contributed by atoms with Gasteiger partial charge in [0.15, 0.2) is 0 Å². The largest absolute Gasteiger partial charge is 0.270 e. The Kier molecular flexibility index (Phi) is 5.48. The molecule has 0 aliphatic rings. The molecule has 7 nitrogen and oxygen atoms in total. The first-order valence-electron chi connectivity index (χ1n) is 8.92. The predicted molar refractivity (Wildman–Crippen MR) is 105 cm³/mol. The van der Waals surface area contributed by atoms with E-state index in [1.807, 2.05) is 54.9 Å². The van der Waals surface area contributed by atoms with E-state index in [1.54, 1.807) is 18.5 Å². The number of aryl methyl sites for hydroxylation is 4. The minimum Gasteiger partial charge on any atom is -0.270 e. The lowest BCUT2D eigenvalue weighted by Gasteiger charge is -2.09. The zero-order valence-corrected chi connectivity index (χ0v) is 16.9. The zero-order valence-electron chi connectivity index (χ0n) is 16.1. The van der Waals surface area contributed by atoms with Gasteiger partial charge in [0, 0.05) is 18.8 Å². The molecule has 0 bridgehead atoms. The number of para-hydroxylation sites is 1. The lowest BCUT2D eigenvalue weighted by Crippen LogP contribution is -2.26. The highest BCUT2D eigenvalue weighted by atomic mass is 32.2. The molecule has 0 fully saturated rings. The smallest absolute Gasteiger partial charge is 0.244 e. The molecule has 0 amide bonds. The highest BCUT2D eigenvalue weighted by Gasteiger charge is 2.24. The van der Waals surface area contributed by atoms with Crippen molar-refractivity contribution in [3.05, 3.63) is 59.2 Å². The van der Waals surface area contributed by atoms with E-state index in [-0.39, 0.29) is 4.90 Å². The van der Waals surface area contributed by atoms with Gasteiger partial charge in [-0.1, -0.05) is 18.2 Å². The fourth-order valence-corrected chi connectivity index (χ4v) is 4.71. The molecule has 3 aromatic rings. The molecule has 2 aromatic heterocycles. The van der Waals surface area contributed by atoms with Gasteiger partial charge in [-0.15, -0.1) is 0 Å². The van der Waals surface area contributed by atoms with Gasteiger partial charge in [-0.05, 0) is 52.3 Å². The Hall–Kier alpha value is -2.45. The van der Waals surface area contributed by atoms with E-state index in [1.165, 1.54) is 0 Å². The van der Waals surface area contributed by atoms with Crippen LogP contribution < -0.4 is 4.72 Å². The summed E-state index contributed by atoms with van der Waals surface area (Å²) in [7, 11) is -3.63. The maximum Gasteiger partial charge on any atom is 0.244 e.